The summed E-state index contributed by atoms with van der Waals surface area (Å²) >= 11 is 0. The molecule has 1 N–H and O–H groups in total. The maximum Gasteiger partial charge on any atom is 0.241 e. The van der Waals surface area contributed by atoms with Crippen LogP contribution in [0.4, 0.5) is 5.95 Å². The van der Waals surface area contributed by atoms with E-state index in [0.29, 0.717) is 12.0 Å². The molecule has 1 fully saturated rings. The van der Waals surface area contributed by atoms with Gasteiger partial charge in [-0.15, -0.1) is 5.10 Å². The van der Waals surface area contributed by atoms with Crippen molar-refractivity contribution >= 4 is 17.1 Å². The van der Waals surface area contributed by atoms with E-state index in [1.807, 2.05) is 33.6 Å². The summed E-state index contributed by atoms with van der Waals surface area (Å²) in [6.45, 7) is 1.59. The molecule has 4 aromatic heterocycles. The largest absolute Gasteiger partial charge is 0.381 e. The van der Waals surface area contributed by atoms with Gasteiger partial charge in [0.1, 0.15) is 5.65 Å². The second-order valence-corrected chi connectivity index (χ2v) is 6.28. The van der Waals surface area contributed by atoms with Crippen molar-refractivity contribution in [3.05, 3.63) is 49.2 Å². The van der Waals surface area contributed by atoms with Gasteiger partial charge < -0.3 is 14.5 Å². The highest BCUT2D eigenvalue weighted by Gasteiger charge is 2.15. The number of imidazole rings is 1. The Labute approximate surface area is 144 Å². The Morgan fingerprint density at radius 3 is 2.92 bits per heavy atom. The molecule has 1 saturated heterocycles. The van der Waals surface area contributed by atoms with E-state index in [1.165, 1.54) is 0 Å². The van der Waals surface area contributed by atoms with Crippen molar-refractivity contribution in [2.75, 3.05) is 18.5 Å². The lowest BCUT2D eigenvalue weighted by Crippen LogP contribution is -2.28. The number of fused-ring (bicyclic) bond motifs is 2. The molecule has 1 aliphatic rings. The number of pyridine rings is 1. The first-order valence-corrected chi connectivity index (χ1v) is 8.48. The van der Waals surface area contributed by atoms with Crippen molar-refractivity contribution in [3.8, 4) is 11.1 Å². The lowest BCUT2D eigenvalue weighted by molar-refractivity contribution is 0.0903. The summed E-state index contributed by atoms with van der Waals surface area (Å²) in [5, 5.41) is 8.01. The number of anilines is 1. The van der Waals surface area contributed by atoms with Gasteiger partial charge >= 0.3 is 0 Å². The molecular formula is C18H18N6O. The molecule has 0 spiro atoms. The minimum Gasteiger partial charge on any atom is -0.381 e. The van der Waals surface area contributed by atoms with E-state index in [-0.39, 0.29) is 0 Å². The van der Waals surface area contributed by atoms with Gasteiger partial charge in [0.2, 0.25) is 5.95 Å². The quantitative estimate of drug-likeness (QED) is 0.624. The lowest BCUT2D eigenvalue weighted by atomic mass is 10.1. The maximum absolute atomic E-state index is 5.39. The van der Waals surface area contributed by atoms with Crippen molar-refractivity contribution in [1.29, 1.82) is 0 Å². The van der Waals surface area contributed by atoms with E-state index in [0.717, 1.165) is 48.3 Å². The Morgan fingerprint density at radius 1 is 1.08 bits per heavy atom. The zero-order valence-electron chi connectivity index (χ0n) is 13.7. The van der Waals surface area contributed by atoms with E-state index in [4.69, 9.17) is 4.74 Å². The van der Waals surface area contributed by atoms with E-state index in [2.05, 4.69) is 38.7 Å². The van der Waals surface area contributed by atoms with Crippen LogP contribution < -0.4 is 5.32 Å². The van der Waals surface area contributed by atoms with Crippen molar-refractivity contribution < 1.29 is 4.74 Å². The SMILES string of the molecule is c1cn2cc(-c3ccn4nc(NC5CCOCC5)ncc34)ccc2n1. The van der Waals surface area contributed by atoms with Crippen LogP contribution in [0.3, 0.4) is 0 Å². The highest BCUT2D eigenvalue weighted by Crippen LogP contribution is 2.25. The predicted molar refractivity (Wildman–Crippen MR) is 94.6 cm³/mol. The summed E-state index contributed by atoms with van der Waals surface area (Å²) in [7, 11) is 0. The fourth-order valence-electron chi connectivity index (χ4n) is 3.31. The molecule has 0 amide bonds. The third-order valence-corrected chi connectivity index (χ3v) is 4.67. The van der Waals surface area contributed by atoms with Gasteiger partial charge in [-0.3, -0.25) is 0 Å². The first-order valence-electron chi connectivity index (χ1n) is 8.48. The topological polar surface area (TPSA) is 68.8 Å². The summed E-state index contributed by atoms with van der Waals surface area (Å²) in [5.41, 5.74) is 4.14. The number of hydrogen-bond acceptors (Lipinski definition) is 5. The molecular weight excluding hydrogens is 316 g/mol. The van der Waals surface area contributed by atoms with Crippen LogP contribution in [0.5, 0.6) is 0 Å². The summed E-state index contributed by atoms with van der Waals surface area (Å²) in [4.78, 5) is 8.80. The Morgan fingerprint density at radius 2 is 2.00 bits per heavy atom. The molecule has 0 aromatic carbocycles. The zero-order valence-corrected chi connectivity index (χ0v) is 13.7. The van der Waals surface area contributed by atoms with Crippen LogP contribution in [0.15, 0.2) is 49.2 Å². The standard InChI is InChI=1S/C18H18N6O/c1-2-17-19-6-8-23(17)12-13(1)15-3-7-24-16(15)11-20-18(22-24)21-14-4-9-25-10-5-14/h1-3,6-8,11-12,14H,4-5,9-10H2,(H,21,22). The summed E-state index contributed by atoms with van der Waals surface area (Å²) in [6, 6.07) is 6.54. The molecule has 1 aliphatic heterocycles. The van der Waals surface area contributed by atoms with Crippen molar-refractivity contribution in [3.63, 3.8) is 0 Å². The second-order valence-electron chi connectivity index (χ2n) is 6.28. The Bertz CT molecular complexity index is 1030. The molecule has 0 aliphatic carbocycles. The molecule has 0 saturated carbocycles. The molecule has 4 aromatic rings. The van der Waals surface area contributed by atoms with Crippen LogP contribution in [-0.2, 0) is 4.74 Å². The van der Waals surface area contributed by atoms with Crippen LogP contribution >= 0.6 is 0 Å². The molecule has 5 rings (SSSR count). The van der Waals surface area contributed by atoms with Crippen molar-refractivity contribution in [1.82, 2.24) is 24.0 Å². The fraction of sp³-hybridized carbons (Fsp3) is 0.278. The Balaban J connectivity index is 1.48. The van der Waals surface area contributed by atoms with Gasteiger partial charge in [-0.25, -0.2) is 14.5 Å². The molecule has 0 bridgehead atoms. The molecule has 25 heavy (non-hydrogen) atoms. The first kappa shape index (κ1) is 14.4. The summed E-state index contributed by atoms with van der Waals surface area (Å²) < 4.78 is 9.28. The van der Waals surface area contributed by atoms with Crippen LogP contribution in [0.1, 0.15) is 12.8 Å². The molecule has 0 unspecified atom stereocenters. The highest BCUT2D eigenvalue weighted by molar-refractivity contribution is 5.80. The fourth-order valence-corrected chi connectivity index (χ4v) is 3.31. The summed E-state index contributed by atoms with van der Waals surface area (Å²) in [6.07, 6.45) is 11.7. The molecule has 7 nitrogen and oxygen atoms in total. The second kappa shape index (κ2) is 5.86. The van der Waals surface area contributed by atoms with Gasteiger partial charge in [-0.2, -0.15) is 0 Å². The minimum absolute atomic E-state index is 0.380. The monoisotopic (exact) mass is 334 g/mol. The average Bonchev–Trinajstić information content (AvgIpc) is 3.28. The molecule has 126 valence electrons. The molecule has 7 heteroatoms. The Hall–Kier alpha value is -2.93. The average molecular weight is 334 g/mol. The van der Waals surface area contributed by atoms with Gasteiger partial charge in [0, 0.05) is 55.2 Å². The van der Waals surface area contributed by atoms with Gasteiger partial charge in [0.05, 0.1) is 11.7 Å². The lowest BCUT2D eigenvalue weighted by Gasteiger charge is -2.22. The van der Waals surface area contributed by atoms with Gasteiger partial charge in [-0.05, 0) is 31.0 Å². The molecule has 5 heterocycles. The third kappa shape index (κ3) is 2.62. The number of nitrogens with one attached hydrogen (secondary N) is 1. The van der Waals surface area contributed by atoms with E-state index in [9.17, 15) is 0 Å². The van der Waals surface area contributed by atoms with Crippen LogP contribution in [0, 0.1) is 0 Å². The van der Waals surface area contributed by atoms with E-state index < -0.39 is 0 Å². The van der Waals surface area contributed by atoms with Crippen molar-refractivity contribution in [2.45, 2.75) is 18.9 Å². The van der Waals surface area contributed by atoms with Gasteiger partial charge in [0.15, 0.2) is 0 Å². The predicted octanol–water partition coefficient (Wildman–Crippen LogP) is 2.63. The van der Waals surface area contributed by atoms with Gasteiger partial charge in [-0.1, -0.05) is 0 Å². The number of ether oxygens (including phenoxy) is 1. The third-order valence-electron chi connectivity index (χ3n) is 4.67. The first-order chi connectivity index (χ1) is 12.4. The normalized spacial score (nSPS) is 15.8. The van der Waals surface area contributed by atoms with Crippen LogP contribution in [0.2, 0.25) is 0 Å². The summed E-state index contributed by atoms with van der Waals surface area (Å²) in [5.74, 6) is 0.659. The van der Waals surface area contributed by atoms with Crippen LogP contribution in [-0.4, -0.2) is 43.2 Å². The van der Waals surface area contributed by atoms with Gasteiger partial charge in [0.25, 0.3) is 0 Å². The maximum atomic E-state index is 5.39. The molecule has 0 radical (unpaired) electrons. The number of rotatable bonds is 3. The van der Waals surface area contributed by atoms with E-state index in [1.54, 1.807) is 6.20 Å². The molecule has 0 atom stereocenters. The number of hydrogen-bond donors (Lipinski definition) is 1. The Kier molecular flexibility index (Phi) is 3.38. The highest BCUT2D eigenvalue weighted by atomic mass is 16.5. The van der Waals surface area contributed by atoms with E-state index >= 15 is 0 Å². The zero-order chi connectivity index (χ0) is 16.6. The number of nitrogens with zero attached hydrogens (tertiary/aromatic N) is 5. The van der Waals surface area contributed by atoms with Crippen molar-refractivity contribution in [2.24, 2.45) is 0 Å². The minimum atomic E-state index is 0.380. The number of aromatic nitrogens is 5. The van der Waals surface area contributed by atoms with Crippen LogP contribution in [0.25, 0.3) is 22.3 Å². The smallest absolute Gasteiger partial charge is 0.241 e.